The van der Waals surface area contributed by atoms with Crippen LogP contribution < -0.4 is 5.32 Å². The van der Waals surface area contributed by atoms with E-state index >= 15 is 0 Å². The van der Waals surface area contributed by atoms with E-state index in [1.165, 1.54) is 0 Å². The van der Waals surface area contributed by atoms with Crippen LogP contribution in [0.1, 0.15) is 33.1 Å². The summed E-state index contributed by atoms with van der Waals surface area (Å²) in [6, 6.07) is 0.344. The van der Waals surface area contributed by atoms with Gasteiger partial charge in [-0.1, -0.05) is 6.92 Å². The predicted molar refractivity (Wildman–Crippen MR) is 64.1 cm³/mol. The van der Waals surface area contributed by atoms with Crippen LogP contribution in [0.3, 0.4) is 0 Å². The summed E-state index contributed by atoms with van der Waals surface area (Å²) in [4.78, 5) is 11.2. The normalized spacial score (nSPS) is 18.9. The number of hydrogen-bond donors (Lipinski definition) is 2. The van der Waals surface area contributed by atoms with Crippen LogP contribution in [0, 0.1) is 0 Å². The zero-order chi connectivity index (χ0) is 12.7. The fraction of sp³-hybridized carbons (Fsp3) is 0.917. The summed E-state index contributed by atoms with van der Waals surface area (Å²) >= 11 is 0. The van der Waals surface area contributed by atoms with Gasteiger partial charge in [-0.25, -0.2) is 0 Å². The van der Waals surface area contributed by atoms with Crippen molar-refractivity contribution in [1.82, 2.24) is 5.32 Å². The molecule has 0 amide bonds. The van der Waals surface area contributed by atoms with Crippen LogP contribution in [-0.2, 0) is 14.3 Å². The summed E-state index contributed by atoms with van der Waals surface area (Å²) in [7, 11) is 0. The van der Waals surface area contributed by atoms with Gasteiger partial charge in [-0.2, -0.15) is 0 Å². The lowest BCUT2D eigenvalue weighted by atomic mass is 10.0. The van der Waals surface area contributed by atoms with Crippen molar-refractivity contribution in [3.63, 3.8) is 0 Å². The van der Waals surface area contributed by atoms with Crippen LogP contribution in [0.5, 0.6) is 0 Å². The number of carbonyl (C=O) groups is 1. The molecule has 0 aromatic carbocycles. The molecule has 0 spiro atoms. The third kappa shape index (κ3) is 5.48. The molecule has 5 nitrogen and oxygen atoms in total. The second kappa shape index (κ2) is 6.93. The Labute approximate surface area is 102 Å². The van der Waals surface area contributed by atoms with Crippen LogP contribution in [-0.4, -0.2) is 49.1 Å². The second-order valence-electron chi connectivity index (χ2n) is 4.72. The number of aliphatic carboxylic acids is 1. The highest BCUT2D eigenvalue weighted by molar-refractivity contribution is 5.78. The van der Waals surface area contributed by atoms with Crippen molar-refractivity contribution >= 4 is 5.97 Å². The van der Waals surface area contributed by atoms with Gasteiger partial charge in [0.1, 0.15) is 5.54 Å². The highest BCUT2D eigenvalue weighted by atomic mass is 16.5. The zero-order valence-corrected chi connectivity index (χ0v) is 10.7. The van der Waals surface area contributed by atoms with Crippen molar-refractivity contribution in [3.05, 3.63) is 0 Å². The van der Waals surface area contributed by atoms with Crippen molar-refractivity contribution in [1.29, 1.82) is 0 Å². The molecular weight excluding hydrogens is 222 g/mol. The van der Waals surface area contributed by atoms with Crippen LogP contribution >= 0.6 is 0 Å². The molecule has 1 saturated carbocycles. The first-order chi connectivity index (χ1) is 8.08. The number of ether oxygens (including phenoxy) is 2. The Hall–Kier alpha value is -0.650. The summed E-state index contributed by atoms with van der Waals surface area (Å²) in [5.41, 5.74) is -0.980. The zero-order valence-electron chi connectivity index (χ0n) is 10.7. The van der Waals surface area contributed by atoms with E-state index in [-0.39, 0.29) is 6.61 Å². The maximum absolute atomic E-state index is 11.2. The second-order valence-corrected chi connectivity index (χ2v) is 4.72. The lowest BCUT2D eigenvalue weighted by molar-refractivity contribution is -0.147. The van der Waals surface area contributed by atoms with E-state index in [9.17, 15) is 9.90 Å². The molecule has 1 rings (SSSR count). The summed E-state index contributed by atoms with van der Waals surface area (Å²) in [6.07, 6.45) is 3.10. The summed E-state index contributed by atoms with van der Waals surface area (Å²) in [5.74, 6) is -0.862. The standard InChI is InChI=1S/C12H23NO4/c1-3-6-16-7-8-17-9-12(2,11(14)15)13-10-4-5-10/h10,13H,3-9H2,1-2H3,(H,14,15). The molecule has 0 aromatic heterocycles. The minimum atomic E-state index is -0.980. The average Bonchev–Trinajstić information content (AvgIpc) is 3.07. The molecule has 0 bridgehead atoms. The van der Waals surface area contributed by atoms with E-state index in [0.29, 0.717) is 19.3 Å². The highest BCUT2D eigenvalue weighted by Gasteiger charge is 2.38. The summed E-state index contributed by atoms with van der Waals surface area (Å²) in [5, 5.41) is 12.3. The van der Waals surface area contributed by atoms with E-state index in [2.05, 4.69) is 5.32 Å². The topological polar surface area (TPSA) is 67.8 Å². The van der Waals surface area contributed by atoms with Gasteiger partial charge >= 0.3 is 5.97 Å². The Morgan fingerprint density at radius 2 is 2.00 bits per heavy atom. The molecule has 17 heavy (non-hydrogen) atoms. The predicted octanol–water partition coefficient (Wildman–Crippen LogP) is 1.02. The fourth-order valence-electron chi connectivity index (χ4n) is 1.48. The number of carboxylic acids is 1. The Bertz CT molecular complexity index is 243. The molecule has 0 radical (unpaired) electrons. The largest absolute Gasteiger partial charge is 0.480 e. The van der Waals surface area contributed by atoms with Gasteiger partial charge in [0.2, 0.25) is 0 Å². The molecule has 2 N–H and O–H groups in total. The molecule has 0 heterocycles. The van der Waals surface area contributed by atoms with Gasteiger partial charge in [-0.3, -0.25) is 10.1 Å². The van der Waals surface area contributed by atoms with Crippen LogP contribution in [0.4, 0.5) is 0 Å². The maximum Gasteiger partial charge on any atom is 0.326 e. The first-order valence-electron chi connectivity index (χ1n) is 6.25. The van der Waals surface area contributed by atoms with Crippen LogP contribution in [0.25, 0.3) is 0 Å². The van der Waals surface area contributed by atoms with Crippen LogP contribution in [0.15, 0.2) is 0 Å². The molecular formula is C12H23NO4. The van der Waals surface area contributed by atoms with Gasteiger partial charge in [0.05, 0.1) is 19.8 Å². The molecule has 1 aliphatic carbocycles. The van der Waals surface area contributed by atoms with E-state index in [1.54, 1.807) is 6.92 Å². The first kappa shape index (κ1) is 14.4. The Kier molecular flexibility index (Phi) is 5.88. The van der Waals surface area contributed by atoms with Crippen molar-refractivity contribution in [2.24, 2.45) is 0 Å². The quantitative estimate of drug-likeness (QED) is 0.563. The van der Waals surface area contributed by atoms with E-state index in [0.717, 1.165) is 25.9 Å². The van der Waals surface area contributed by atoms with Gasteiger partial charge in [-0.15, -0.1) is 0 Å². The first-order valence-corrected chi connectivity index (χ1v) is 6.25. The number of rotatable bonds is 10. The Morgan fingerprint density at radius 3 is 2.53 bits per heavy atom. The van der Waals surface area contributed by atoms with Crippen LogP contribution in [0.2, 0.25) is 0 Å². The van der Waals surface area contributed by atoms with E-state index in [4.69, 9.17) is 9.47 Å². The number of carboxylic acid groups (broad SMARTS) is 1. The van der Waals surface area contributed by atoms with Gasteiger partial charge in [0.25, 0.3) is 0 Å². The Morgan fingerprint density at radius 1 is 1.35 bits per heavy atom. The molecule has 0 saturated heterocycles. The number of hydrogen-bond acceptors (Lipinski definition) is 4. The molecule has 1 aliphatic rings. The molecule has 0 aromatic rings. The highest BCUT2D eigenvalue weighted by Crippen LogP contribution is 2.22. The summed E-state index contributed by atoms with van der Waals surface area (Å²) < 4.78 is 10.6. The number of nitrogens with one attached hydrogen (secondary N) is 1. The van der Waals surface area contributed by atoms with Gasteiger partial charge in [0, 0.05) is 12.6 Å². The Balaban J connectivity index is 2.17. The monoisotopic (exact) mass is 245 g/mol. The fourth-order valence-corrected chi connectivity index (χ4v) is 1.48. The lowest BCUT2D eigenvalue weighted by Crippen LogP contribution is -2.54. The van der Waals surface area contributed by atoms with Gasteiger partial charge < -0.3 is 14.6 Å². The van der Waals surface area contributed by atoms with Gasteiger partial charge in [0.15, 0.2) is 0 Å². The SMILES string of the molecule is CCCOCCOCC(C)(NC1CC1)C(=O)O. The van der Waals surface area contributed by atoms with Crippen molar-refractivity contribution in [3.8, 4) is 0 Å². The summed E-state index contributed by atoms with van der Waals surface area (Å²) in [6.45, 7) is 5.57. The molecule has 1 fully saturated rings. The minimum Gasteiger partial charge on any atom is -0.480 e. The lowest BCUT2D eigenvalue weighted by Gasteiger charge is -2.26. The molecule has 0 aliphatic heterocycles. The van der Waals surface area contributed by atoms with E-state index < -0.39 is 11.5 Å². The minimum absolute atomic E-state index is 0.175. The molecule has 100 valence electrons. The van der Waals surface area contributed by atoms with Crippen molar-refractivity contribution < 1.29 is 19.4 Å². The third-order valence-corrected chi connectivity index (χ3v) is 2.68. The average molecular weight is 245 g/mol. The third-order valence-electron chi connectivity index (χ3n) is 2.68. The molecule has 1 atom stereocenters. The molecule has 5 heteroatoms. The van der Waals surface area contributed by atoms with Crippen molar-refractivity contribution in [2.45, 2.75) is 44.7 Å². The smallest absolute Gasteiger partial charge is 0.326 e. The van der Waals surface area contributed by atoms with E-state index in [1.807, 2.05) is 6.92 Å². The van der Waals surface area contributed by atoms with Gasteiger partial charge in [-0.05, 0) is 26.2 Å². The maximum atomic E-state index is 11.2. The molecule has 1 unspecified atom stereocenters. The van der Waals surface area contributed by atoms with Crippen molar-refractivity contribution in [2.75, 3.05) is 26.4 Å².